The lowest BCUT2D eigenvalue weighted by Crippen LogP contribution is -2.12. The largest absolute Gasteiger partial charge is 0.269 e. The van der Waals surface area contributed by atoms with Crippen molar-refractivity contribution in [3.05, 3.63) is 82.6 Å². The standard InChI is InChI=1S/C21H14BrN3O2S/c1-14-5-7-18(8-6-14)28(26,27)25-13-20(22)19-10-17(12-24-21(19)25)16-4-2-3-15(9-16)11-23/h2-10,12-13H,1H3. The molecule has 0 atom stereocenters. The molecule has 0 amide bonds. The zero-order valence-corrected chi connectivity index (χ0v) is 17.2. The molecule has 138 valence electrons. The molecule has 5 nitrogen and oxygen atoms in total. The number of nitriles is 1. The Morgan fingerprint density at radius 2 is 1.82 bits per heavy atom. The van der Waals surface area contributed by atoms with E-state index >= 15 is 0 Å². The molecule has 0 aliphatic carbocycles. The van der Waals surface area contributed by atoms with Crippen molar-refractivity contribution in [2.24, 2.45) is 0 Å². The first-order valence-electron chi connectivity index (χ1n) is 8.39. The number of aryl methyl sites for hydroxylation is 1. The van der Waals surface area contributed by atoms with Crippen molar-refractivity contribution < 1.29 is 8.42 Å². The molecule has 28 heavy (non-hydrogen) atoms. The minimum Gasteiger partial charge on any atom is -0.237 e. The van der Waals surface area contributed by atoms with Gasteiger partial charge in [-0.25, -0.2) is 17.4 Å². The molecule has 4 rings (SSSR count). The van der Waals surface area contributed by atoms with E-state index < -0.39 is 10.0 Å². The first-order valence-corrected chi connectivity index (χ1v) is 10.6. The van der Waals surface area contributed by atoms with Crippen LogP contribution in [0.5, 0.6) is 0 Å². The van der Waals surface area contributed by atoms with Gasteiger partial charge in [-0.05, 0) is 58.7 Å². The summed E-state index contributed by atoms with van der Waals surface area (Å²) in [6.07, 6.45) is 3.13. The monoisotopic (exact) mass is 451 g/mol. The molecule has 2 aromatic carbocycles. The second-order valence-corrected chi connectivity index (χ2v) is 9.05. The maximum atomic E-state index is 13.1. The lowest BCUT2D eigenvalue weighted by Gasteiger charge is -2.08. The number of rotatable bonds is 3. The summed E-state index contributed by atoms with van der Waals surface area (Å²) in [5.74, 6) is 0. The average Bonchev–Trinajstić information content (AvgIpc) is 3.05. The van der Waals surface area contributed by atoms with E-state index in [2.05, 4.69) is 27.0 Å². The van der Waals surface area contributed by atoms with Crippen molar-refractivity contribution >= 4 is 37.0 Å². The maximum absolute atomic E-state index is 13.1. The number of halogens is 1. The van der Waals surface area contributed by atoms with Crippen LogP contribution in [0.2, 0.25) is 0 Å². The minimum absolute atomic E-state index is 0.204. The molecule has 0 unspecified atom stereocenters. The summed E-state index contributed by atoms with van der Waals surface area (Å²) in [5.41, 5.74) is 3.52. The average molecular weight is 452 g/mol. The third-order valence-corrected chi connectivity index (χ3v) is 6.76. The summed E-state index contributed by atoms with van der Waals surface area (Å²) in [4.78, 5) is 4.62. The number of benzene rings is 2. The Balaban J connectivity index is 1.87. The first kappa shape index (κ1) is 18.4. The normalized spacial score (nSPS) is 11.5. The van der Waals surface area contributed by atoms with Crippen LogP contribution in [0.15, 0.2) is 76.4 Å². The van der Waals surface area contributed by atoms with Gasteiger partial charge in [-0.15, -0.1) is 0 Å². The summed E-state index contributed by atoms with van der Waals surface area (Å²) in [6, 6.07) is 17.9. The highest BCUT2D eigenvalue weighted by atomic mass is 79.9. The first-order chi connectivity index (χ1) is 13.4. The highest BCUT2D eigenvalue weighted by Crippen LogP contribution is 2.31. The van der Waals surface area contributed by atoms with Gasteiger partial charge in [0.1, 0.15) is 0 Å². The van der Waals surface area contributed by atoms with Crippen molar-refractivity contribution in [1.82, 2.24) is 8.96 Å². The number of aromatic nitrogens is 2. The van der Waals surface area contributed by atoms with E-state index in [1.54, 1.807) is 48.7 Å². The van der Waals surface area contributed by atoms with Gasteiger partial charge in [0.2, 0.25) is 0 Å². The Bertz CT molecular complexity index is 1350. The summed E-state index contributed by atoms with van der Waals surface area (Å²) < 4.78 is 28.0. The van der Waals surface area contributed by atoms with Crippen LogP contribution in [0.25, 0.3) is 22.2 Å². The van der Waals surface area contributed by atoms with Crippen molar-refractivity contribution in [1.29, 1.82) is 5.26 Å². The topological polar surface area (TPSA) is 75.8 Å². The van der Waals surface area contributed by atoms with Gasteiger partial charge in [0, 0.05) is 27.8 Å². The fourth-order valence-corrected chi connectivity index (χ4v) is 4.93. The molecule has 0 fully saturated rings. The van der Waals surface area contributed by atoms with E-state index in [0.717, 1.165) is 16.7 Å². The fourth-order valence-electron chi connectivity index (χ4n) is 2.98. The number of hydrogen-bond donors (Lipinski definition) is 0. The zero-order chi connectivity index (χ0) is 19.9. The Labute approximate surface area is 171 Å². The summed E-state index contributed by atoms with van der Waals surface area (Å²) in [5, 5.41) is 9.78. The van der Waals surface area contributed by atoms with Gasteiger partial charge in [-0.2, -0.15) is 5.26 Å². The highest BCUT2D eigenvalue weighted by molar-refractivity contribution is 9.10. The quantitative estimate of drug-likeness (QED) is 0.444. The van der Waals surface area contributed by atoms with Crippen molar-refractivity contribution in [2.45, 2.75) is 11.8 Å². The minimum atomic E-state index is -3.77. The molecule has 0 radical (unpaired) electrons. The van der Waals surface area contributed by atoms with Gasteiger partial charge in [-0.3, -0.25) is 0 Å². The number of nitrogens with zero attached hydrogens (tertiary/aromatic N) is 3. The third kappa shape index (κ3) is 3.11. The van der Waals surface area contributed by atoms with E-state index in [9.17, 15) is 8.42 Å². The van der Waals surface area contributed by atoms with Gasteiger partial charge >= 0.3 is 0 Å². The van der Waals surface area contributed by atoms with Crippen LogP contribution in [0.4, 0.5) is 0 Å². The molecule has 0 aliphatic heterocycles. The van der Waals surface area contributed by atoms with Gasteiger partial charge < -0.3 is 0 Å². The van der Waals surface area contributed by atoms with E-state index in [4.69, 9.17) is 5.26 Å². The van der Waals surface area contributed by atoms with Crippen LogP contribution in [-0.2, 0) is 10.0 Å². The molecule has 2 aromatic heterocycles. The molecule has 4 aromatic rings. The molecule has 0 saturated heterocycles. The second kappa shape index (κ2) is 6.89. The van der Waals surface area contributed by atoms with Crippen molar-refractivity contribution in [3.63, 3.8) is 0 Å². The molecule has 2 heterocycles. The predicted molar refractivity (Wildman–Crippen MR) is 111 cm³/mol. The van der Waals surface area contributed by atoms with Crippen LogP contribution in [0, 0.1) is 18.3 Å². The van der Waals surface area contributed by atoms with Gasteiger partial charge in [0.05, 0.1) is 16.5 Å². The zero-order valence-electron chi connectivity index (χ0n) is 14.8. The van der Waals surface area contributed by atoms with Crippen LogP contribution in [0.1, 0.15) is 11.1 Å². The van der Waals surface area contributed by atoms with E-state index in [-0.39, 0.29) is 4.90 Å². The second-order valence-electron chi connectivity index (χ2n) is 6.38. The number of pyridine rings is 1. The molecule has 0 saturated carbocycles. The van der Waals surface area contributed by atoms with Gasteiger partial charge in [-0.1, -0.05) is 29.8 Å². The van der Waals surface area contributed by atoms with E-state index in [1.165, 1.54) is 10.2 Å². The van der Waals surface area contributed by atoms with Crippen LogP contribution < -0.4 is 0 Å². The van der Waals surface area contributed by atoms with E-state index in [1.807, 2.05) is 19.1 Å². The third-order valence-electron chi connectivity index (χ3n) is 4.47. The summed E-state index contributed by atoms with van der Waals surface area (Å²) >= 11 is 3.45. The lowest BCUT2D eigenvalue weighted by atomic mass is 10.0. The Morgan fingerprint density at radius 1 is 1.07 bits per heavy atom. The predicted octanol–water partition coefficient (Wildman–Crippen LogP) is 4.88. The maximum Gasteiger partial charge on any atom is 0.269 e. The molecular weight excluding hydrogens is 438 g/mol. The Kier molecular flexibility index (Phi) is 4.53. The molecular formula is C21H14BrN3O2S. The smallest absolute Gasteiger partial charge is 0.237 e. The molecule has 0 aliphatic rings. The molecule has 0 spiro atoms. The Morgan fingerprint density at radius 3 is 2.54 bits per heavy atom. The summed E-state index contributed by atoms with van der Waals surface area (Å²) in [7, 11) is -3.77. The SMILES string of the molecule is Cc1ccc(S(=O)(=O)n2cc(Br)c3cc(-c4cccc(C#N)c4)cnc32)cc1. The van der Waals surface area contributed by atoms with Crippen LogP contribution in [-0.4, -0.2) is 17.4 Å². The van der Waals surface area contributed by atoms with Crippen LogP contribution in [0.3, 0.4) is 0 Å². The van der Waals surface area contributed by atoms with Crippen molar-refractivity contribution in [2.75, 3.05) is 0 Å². The van der Waals surface area contributed by atoms with Gasteiger partial charge in [0.15, 0.2) is 5.65 Å². The Hall–Kier alpha value is -2.95. The number of fused-ring (bicyclic) bond motifs is 1. The number of hydrogen-bond acceptors (Lipinski definition) is 4. The van der Waals surface area contributed by atoms with Crippen LogP contribution >= 0.6 is 15.9 Å². The fraction of sp³-hybridized carbons (Fsp3) is 0.0476. The summed E-state index contributed by atoms with van der Waals surface area (Å²) in [6.45, 7) is 1.91. The van der Waals surface area contributed by atoms with Crippen molar-refractivity contribution in [3.8, 4) is 17.2 Å². The molecule has 0 bridgehead atoms. The van der Waals surface area contributed by atoms with Gasteiger partial charge in [0.25, 0.3) is 10.0 Å². The molecule has 7 heteroatoms. The van der Waals surface area contributed by atoms with E-state index in [0.29, 0.717) is 21.1 Å². The lowest BCUT2D eigenvalue weighted by molar-refractivity contribution is 0.588. The highest BCUT2D eigenvalue weighted by Gasteiger charge is 2.22. The molecule has 0 N–H and O–H groups in total.